The first-order chi connectivity index (χ1) is 21.5. The fourth-order valence-corrected chi connectivity index (χ4v) is 7.07. The Labute approximate surface area is 258 Å². The highest BCUT2D eigenvalue weighted by molar-refractivity contribution is 6.06. The predicted molar refractivity (Wildman–Crippen MR) is 152 cm³/mol. The van der Waals surface area contributed by atoms with E-state index in [4.69, 9.17) is 0 Å². The fraction of sp³-hybridized carbons (Fsp3) is 0.303. The van der Waals surface area contributed by atoms with Gasteiger partial charge in [0, 0.05) is 11.1 Å². The van der Waals surface area contributed by atoms with Crippen LogP contribution in [0.1, 0.15) is 39.0 Å². The molecule has 1 heterocycles. The van der Waals surface area contributed by atoms with E-state index in [9.17, 15) is 50.9 Å². The molecule has 4 atom stereocenters. The molecule has 3 aromatic carbocycles. The van der Waals surface area contributed by atoms with Crippen molar-refractivity contribution in [2.75, 3.05) is 5.32 Å². The van der Waals surface area contributed by atoms with Gasteiger partial charge in [0.05, 0.1) is 24.1 Å². The molecule has 3 amide bonds. The van der Waals surface area contributed by atoms with Crippen molar-refractivity contribution in [1.82, 2.24) is 4.90 Å². The van der Waals surface area contributed by atoms with Crippen LogP contribution in [-0.2, 0) is 21.5 Å². The van der Waals surface area contributed by atoms with E-state index in [0.29, 0.717) is 48.4 Å². The van der Waals surface area contributed by atoms with Gasteiger partial charge < -0.3 is 15.5 Å². The number of alkyl halides is 6. The molecule has 13 heteroatoms. The number of aromatic hydroxyl groups is 2. The highest BCUT2D eigenvalue weighted by Crippen LogP contribution is 2.58. The molecule has 2 fully saturated rings. The van der Waals surface area contributed by atoms with Crippen LogP contribution in [0.25, 0.3) is 0 Å². The number of likely N-dealkylation sites (tertiary alicyclic amines) is 1. The van der Waals surface area contributed by atoms with Crippen molar-refractivity contribution in [2.45, 2.75) is 37.7 Å². The van der Waals surface area contributed by atoms with E-state index in [1.807, 2.05) is 12.2 Å². The van der Waals surface area contributed by atoms with Crippen molar-refractivity contribution in [2.24, 2.45) is 23.7 Å². The second-order valence-electron chi connectivity index (χ2n) is 11.9. The van der Waals surface area contributed by atoms with Gasteiger partial charge in [-0.3, -0.25) is 19.3 Å². The number of hydrogen-bond acceptors (Lipinski definition) is 5. The summed E-state index contributed by atoms with van der Waals surface area (Å²) < 4.78 is 90.0. The third-order valence-corrected chi connectivity index (χ3v) is 9.21. The highest BCUT2D eigenvalue weighted by Gasteiger charge is 2.72. The molecule has 2 aliphatic carbocycles. The van der Waals surface area contributed by atoms with Crippen molar-refractivity contribution in [3.63, 3.8) is 0 Å². The number of nitrogens with zero attached hydrogens (tertiary/aromatic N) is 1. The van der Waals surface area contributed by atoms with Crippen LogP contribution in [0, 0.1) is 30.6 Å². The van der Waals surface area contributed by atoms with Gasteiger partial charge in [0.25, 0.3) is 5.91 Å². The molecular formula is C33H26F6N2O5. The van der Waals surface area contributed by atoms with Crippen LogP contribution in [0.3, 0.4) is 0 Å². The van der Waals surface area contributed by atoms with E-state index in [2.05, 4.69) is 5.32 Å². The maximum Gasteiger partial charge on any atom is 0.411 e. The number of phenols is 2. The van der Waals surface area contributed by atoms with Gasteiger partial charge in [-0.2, -0.15) is 26.3 Å². The largest absolute Gasteiger partial charge is 0.508 e. The topological polar surface area (TPSA) is 107 Å². The van der Waals surface area contributed by atoms with Gasteiger partial charge in [-0.25, -0.2) is 0 Å². The standard InChI is InChI=1S/C33H26F6N2O5/c1-16-3-2-4-19(11-16)28(44)40-23-14-22(8-10-25(23)43)31(32(34,35)36,33(37,38)39)21-7-9-24(42)20(13-21)15-41-29(45)26-17-5-6-18(12-17)27(26)30(41)46/h2-11,13-14,17-18,26-27,42-43H,12,15H2,1H3,(H,40,44). The number of amides is 3. The molecule has 0 spiro atoms. The van der Waals surface area contributed by atoms with Crippen LogP contribution >= 0.6 is 0 Å². The zero-order valence-electron chi connectivity index (χ0n) is 24.0. The molecule has 46 heavy (non-hydrogen) atoms. The molecule has 4 unspecified atom stereocenters. The Morgan fingerprint density at radius 1 is 0.826 bits per heavy atom. The number of halogens is 6. The van der Waals surface area contributed by atoms with E-state index < -0.39 is 87.7 Å². The first-order valence-electron chi connectivity index (χ1n) is 14.3. The first kappa shape index (κ1) is 31.2. The zero-order chi connectivity index (χ0) is 33.3. The molecule has 3 aliphatic rings. The molecular weight excluding hydrogens is 618 g/mol. The maximum absolute atomic E-state index is 15.0. The normalized spacial score (nSPS) is 22.5. The molecule has 7 nitrogen and oxygen atoms in total. The molecule has 3 N–H and O–H groups in total. The van der Waals surface area contributed by atoms with E-state index >= 15 is 0 Å². The first-order valence-corrected chi connectivity index (χ1v) is 14.3. The Balaban J connectivity index is 1.42. The molecule has 1 aliphatic heterocycles. The molecule has 0 radical (unpaired) electrons. The van der Waals surface area contributed by atoms with Crippen LogP contribution in [0.2, 0.25) is 0 Å². The Kier molecular flexibility index (Phi) is 7.21. The average molecular weight is 645 g/mol. The third-order valence-electron chi connectivity index (χ3n) is 9.21. The van der Waals surface area contributed by atoms with Gasteiger partial charge in [0.2, 0.25) is 17.2 Å². The lowest BCUT2D eigenvalue weighted by Gasteiger charge is -2.39. The number of phenolic OH excluding ortho intramolecular Hbond substituents is 2. The number of anilines is 1. The molecule has 3 aromatic rings. The fourth-order valence-electron chi connectivity index (χ4n) is 7.07. The van der Waals surface area contributed by atoms with Crippen LogP contribution in [0.5, 0.6) is 11.5 Å². The summed E-state index contributed by atoms with van der Waals surface area (Å²) in [5.74, 6) is -5.27. The van der Waals surface area contributed by atoms with Crippen LogP contribution in [-0.4, -0.2) is 45.2 Å². The summed E-state index contributed by atoms with van der Waals surface area (Å²) in [6, 6.07) is 9.06. The average Bonchev–Trinajstić information content (AvgIpc) is 3.65. The van der Waals surface area contributed by atoms with Crippen molar-refractivity contribution in [3.05, 3.63) is 101 Å². The number of nitrogens with one attached hydrogen (secondary N) is 1. The summed E-state index contributed by atoms with van der Waals surface area (Å²) in [5, 5.41) is 23.1. The minimum absolute atomic E-state index is 0.0461. The second kappa shape index (κ2) is 10.6. The zero-order valence-corrected chi connectivity index (χ0v) is 24.0. The van der Waals surface area contributed by atoms with Gasteiger partial charge in [-0.05, 0) is 72.7 Å². The van der Waals surface area contributed by atoms with Gasteiger partial charge in [0.1, 0.15) is 11.5 Å². The van der Waals surface area contributed by atoms with E-state index in [-0.39, 0.29) is 17.4 Å². The maximum atomic E-state index is 15.0. The second-order valence-corrected chi connectivity index (χ2v) is 11.9. The number of carbonyl (C=O) groups excluding carboxylic acids is 3. The number of allylic oxidation sites excluding steroid dienone is 2. The van der Waals surface area contributed by atoms with Crippen LogP contribution < -0.4 is 5.32 Å². The van der Waals surface area contributed by atoms with Crippen LogP contribution in [0.4, 0.5) is 32.0 Å². The van der Waals surface area contributed by atoms with Crippen molar-refractivity contribution >= 4 is 23.4 Å². The molecule has 2 bridgehead atoms. The van der Waals surface area contributed by atoms with Gasteiger partial charge in [0.15, 0.2) is 0 Å². The van der Waals surface area contributed by atoms with Gasteiger partial charge in [-0.1, -0.05) is 42.0 Å². The SMILES string of the molecule is Cc1cccc(C(=O)Nc2cc(C(c3ccc(O)c(CN4C(=O)C5C6C=CC(C6)C5C4=O)c3)(C(F)(F)F)C(F)(F)F)ccc2O)c1. The summed E-state index contributed by atoms with van der Waals surface area (Å²) in [6.45, 7) is 0.937. The van der Waals surface area contributed by atoms with E-state index in [1.54, 1.807) is 13.0 Å². The van der Waals surface area contributed by atoms with Crippen molar-refractivity contribution < 1.29 is 50.9 Å². The lowest BCUT2D eigenvalue weighted by Crippen LogP contribution is -2.54. The number of fused-ring (bicyclic) bond motifs is 5. The number of aryl methyl sites for hydroxylation is 1. The summed E-state index contributed by atoms with van der Waals surface area (Å²) in [4.78, 5) is 39.9. The number of rotatable bonds is 6. The Morgan fingerprint density at radius 2 is 1.39 bits per heavy atom. The minimum Gasteiger partial charge on any atom is -0.508 e. The summed E-state index contributed by atoms with van der Waals surface area (Å²) >= 11 is 0. The monoisotopic (exact) mass is 644 g/mol. The van der Waals surface area contributed by atoms with Crippen LogP contribution in [0.15, 0.2) is 72.8 Å². The number of imide groups is 1. The summed E-state index contributed by atoms with van der Waals surface area (Å²) in [5.41, 5.74) is -7.96. The summed E-state index contributed by atoms with van der Waals surface area (Å²) in [7, 11) is 0. The number of carbonyl (C=O) groups is 3. The van der Waals surface area contributed by atoms with Gasteiger partial charge in [-0.15, -0.1) is 0 Å². The molecule has 1 saturated carbocycles. The number of hydrogen-bond donors (Lipinski definition) is 3. The lowest BCUT2D eigenvalue weighted by molar-refractivity contribution is -0.288. The Hall–Kier alpha value is -4.81. The van der Waals surface area contributed by atoms with E-state index in [0.717, 1.165) is 4.90 Å². The minimum atomic E-state index is -6.05. The van der Waals surface area contributed by atoms with Crippen molar-refractivity contribution in [3.8, 4) is 11.5 Å². The third kappa shape index (κ3) is 4.71. The van der Waals surface area contributed by atoms with Gasteiger partial charge >= 0.3 is 12.4 Å². The highest BCUT2D eigenvalue weighted by atomic mass is 19.4. The molecule has 6 rings (SSSR count). The molecule has 240 valence electrons. The predicted octanol–water partition coefficient (Wildman–Crippen LogP) is 6.38. The molecule has 1 saturated heterocycles. The number of benzene rings is 3. The Morgan fingerprint density at radius 3 is 1.96 bits per heavy atom. The van der Waals surface area contributed by atoms with E-state index in [1.165, 1.54) is 18.2 Å². The quantitative estimate of drug-likeness (QED) is 0.125. The summed E-state index contributed by atoms with van der Waals surface area (Å²) in [6.07, 6.45) is -7.82. The Bertz CT molecular complexity index is 1760. The molecule has 0 aromatic heterocycles. The van der Waals surface area contributed by atoms with Crippen molar-refractivity contribution in [1.29, 1.82) is 0 Å². The smallest absolute Gasteiger partial charge is 0.411 e. The lowest BCUT2D eigenvalue weighted by atomic mass is 9.72.